The number of nitrogens with zero attached hydrogens (tertiary/aromatic N) is 5. The SMILES string of the molecule is C.C.C.CCO[Si](C)(OCC)OCC.CCO[Si](CCCN)(OCC)OCC.C[Si-]123OCC[N+]1(CCO2)CCO3.NCCC[Si-]123OCC[N+]1(CCO2)CCO3.OCCN(CCO)CCO.OCCN(CCO)CCO.OCC[N@@+]12CCO[Si-2]13(O)(CCC[NH2+]3)OC2. The van der Waals surface area contributed by atoms with E-state index >= 15 is 0 Å². The van der Waals surface area contributed by atoms with Crippen LogP contribution >= 0.6 is 0 Å². The molecule has 30 nitrogen and oxygen atoms in total. The first-order valence-electron chi connectivity index (χ1n) is 32.6. The molecule has 1 spiro atoms. The molecule has 0 radical (unpaired) electrons. The molecule has 0 aromatic heterocycles. The Morgan fingerprint density at radius 2 is 0.889 bits per heavy atom. The van der Waals surface area contributed by atoms with Crippen molar-refractivity contribution in [2.75, 3.05) is 250 Å². The third kappa shape index (κ3) is 20.1. The van der Waals surface area contributed by atoms with Crippen LogP contribution < -0.4 is 16.4 Å². The molecule has 9 aliphatic heterocycles. The Labute approximate surface area is 545 Å². The third-order valence-corrected chi connectivity index (χ3v) is 43.4. The fourth-order valence-electron chi connectivity index (χ4n) is 14.3. The second-order valence-electron chi connectivity index (χ2n) is 23.5. The fraction of sp³-hybridized carbons (Fsp3) is 1.00. The van der Waals surface area contributed by atoms with Crippen LogP contribution in [0.1, 0.15) is 83.1 Å². The molecular weight excluding hydrogens is 1270 g/mol. The maximum absolute atomic E-state index is 11.3. The Balaban J connectivity index is 0.00000103. The van der Waals surface area contributed by atoms with Gasteiger partial charge in [0.25, 0.3) is 0 Å². The maximum atomic E-state index is 11.3. The second-order valence-corrected chi connectivity index (χ2v) is 44.1. The summed E-state index contributed by atoms with van der Waals surface area (Å²) in [4.78, 5) is 16.8. The van der Waals surface area contributed by atoms with E-state index in [2.05, 4.69) is 6.55 Å². The molecular formula is C55H138N8O22Si5. The number of aliphatic hydroxyl groups excluding tert-OH is 7. The van der Waals surface area contributed by atoms with Gasteiger partial charge in [-0.1, -0.05) is 22.3 Å². The molecule has 9 saturated heterocycles. The van der Waals surface area contributed by atoms with Gasteiger partial charge >= 0.3 is 267 Å². The van der Waals surface area contributed by atoms with E-state index in [1.807, 2.05) is 53.1 Å². The van der Waals surface area contributed by atoms with Gasteiger partial charge in [0, 0.05) is 91.5 Å². The first-order chi connectivity index (χ1) is 41.6. The van der Waals surface area contributed by atoms with Crippen LogP contribution in [0.15, 0.2) is 0 Å². The number of hydrogen-bond donors (Lipinski definition) is 11. The van der Waals surface area contributed by atoms with Gasteiger partial charge in [0.05, 0.1) is 39.6 Å². The van der Waals surface area contributed by atoms with Gasteiger partial charge in [0.15, 0.2) is 0 Å². The predicted octanol–water partition coefficient (Wildman–Crippen LogP) is -1.35. The number of nitrogens with two attached hydrogens (primary N) is 3. The molecule has 90 heavy (non-hydrogen) atoms. The summed E-state index contributed by atoms with van der Waals surface area (Å²) in [6.45, 7) is 39.2. The van der Waals surface area contributed by atoms with Crippen LogP contribution in [0, 0.1) is 0 Å². The van der Waals surface area contributed by atoms with E-state index in [1.54, 1.807) is 9.80 Å². The quantitative estimate of drug-likeness (QED) is 0.0347. The average Bonchev–Trinajstić information content (AvgIpc) is 1.35. The van der Waals surface area contributed by atoms with Crippen molar-refractivity contribution in [1.82, 2.24) is 9.80 Å². The standard InChI is InChI=1S/C9H20N2O3Si.C9H23NO3Si.C8H20N2O4Si.C7H15NO3Si.C7H18O3Si.2C6H15NO3.3CH4/c10-2-1-9-15-11(3-6-12-15,4-7-13-15)5-8-14-15;1-4-11-14(12-5-2,13-6-3)9-7-8-10;11-5-3-10-4-6-13-15(10,12,14-8-10)7-1-2-9-15;1-12-8(2-5-9-12,3-6-10-12)4-7-11-12;1-5-8-11(4,9-6-2)10-7-3;2*8-4-1-7(2-5-9)3-6-10;;;/h1-10H2;4-10H2,1-3H3;11-12H,1-9H2;2-7H2,1H3;5-7H2,1-4H3;2*8-10H,1-6H2;3*1H4/t;;10-;;;;;;;/m..0......./s1. The minimum atomic E-state index is -4.32. The molecule has 9 aliphatic rings. The zero-order valence-electron chi connectivity index (χ0n) is 54.9. The van der Waals surface area contributed by atoms with Gasteiger partial charge in [-0.15, -0.1) is 0 Å². The zero-order valence-corrected chi connectivity index (χ0v) is 59.9. The molecule has 14 N–H and O–H groups in total. The van der Waals surface area contributed by atoms with Crippen LogP contribution in [0.5, 0.6) is 0 Å². The predicted molar refractivity (Wildman–Crippen MR) is 356 cm³/mol. The number of aliphatic hydroxyl groups is 7. The summed E-state index contributed by atoms with van der Waals surface area (Å²) in [6, 6.07) is 2.37. The molecule has 9 heterocycles. The summed E-state index contributed by atoms with van der Waals surface area (Å²) >= 11 is 0. The van der Waals surface area contributed by atoms with Crippen LogP contribution in [-0.2, 0) is 62.0 Å². The van der Waals surface area contributed by atoms with Crippen molar-refractivity contribution in [3.05, 3.63) is 0 Å². The van der Waals surface area contributed by atoms with Crippen molar-refractivity contribution >= 4 is 41.8 Å². The molecule has 1 atom stereocenters. The van der Waals surface area contributed by atoms with Crippen molar-refractivity contribution in [2.24, 2.45) is 11.5 Å². The van der Waals surface area contributed by atoms with Gasteiger partial charge in [0.2, 0.25) is 0 Å². The molecule has 0 unspecified atom stereocenters. The average molecular weight is 1400 g/mol. The van der Waals surface area contributed by atoms with E-state index in [0.717, 1.165) is 132 Å². The van der Waals surface area contributed by atoms with Gasteiger partial charge in [-0.2, -0.15) is 0 Å². The molecule has 550 valence electrons. The van der Waals surface area contributed by atoms with E-state index in [0.29, 0.717) is 122 Å². The van der Waals surface area contributed by atoms with Crippen LogP contribution in [-0.4, -0.2) is 355 Å². The molecule has 0 aromatic rings. The molecule has 0 aliphatic carbocycles. The summed E-state index contributed by atoms with van der Waals surface area (Å²) < 4.78 is 83.0. The van der Waals surface area contributed by atoms with E-state index < -0.39 is 41.8 Å². The summed E-state index contributed by atoms with van der Waals surface area (Å²) in [5.74, 6) is 0. The second kappa shape index (κ2) is 40.7. The van der Waals surface area contributed by atoms with Gasteiger partial charge in [-0.05, 0) is 54.5 Å². The van der Waals surface area contributed by atoms with E-state index in [1.165, 1.54) is 0 Å². The molecule has 0 saturated carbocycles. The van der Waals surface area contributed by atoms with Crippen LogP contribution in [0.4, 0.5) is 0 Å². The van der Waals surface area contributed by atoms with Crippen LogP contribution in [0.3, 0.4) is 0 Å². The van der Waals surface area contributed by atoms with E-state index in [4.69, 9.17) is 104 Å². The van der Waals surface area contributed by atoms with E-state index in [-0.39, 0.29) is 68.5 Å². The monoisotopic (exact) mass is 1400 g/mol. The Morgan fingerprint density at radius 3 is 1.19 bits per heavy atom. The molecule has 9 fully saturated rings. The van der Waals surface area contributed by atoms with Gasteiger partial charge < -0.3 is 62.9 Å². The normalized spacial score (nSPS) is 27.8. The van der Waals surface area contributed by atoms with Crippen molar-refractivity contribution in [1.29, 1.82) is 0 Å². The van der Waals surface area contributed by atoms with Crippen molar-refractivity contribution in [3.63, 3.8) is 0 Å². The molecule has 9 rings (SSSR count). The number of hydrogen-bond acceptors (Lipinski definition) is 26. The zero-order chi connectivity index (χ0) is 64.7. The fourth-order valence-corrected chi connectivity index (χ4v) is 35.9. The Kier molecular flexibility index (Phi) is 40.6. The van der Waals surface area contributed by atoms with Crippen LogP contribution in [0.25, 0.3) is 0 Å². The van der Waals surface area contributed by atoms with Crippen molar-refractivity contribution in [3.8, 4) is 0 Å². The van der Waals surface area contributed by atoms with Crippen molar-refractivity contribution < 1.29 is 120 Å². The number of quaternary nitrogens is 4. The summed E-state index contributed by atoms with van der Waals surface area (Å²) in [5, 5.41) is 60.1. The first-order valence-corrected chi connectivity index (χ1v) is 44.8. The molecule has 35 heteroatoms. The van der Waals surface area contributed by atoms with Crippen LogP contribution in [0.2, 0.25) is 31.2 Å². The van der Waals surface area contributed by atoms with Gasteiger partial charge in [-0.25, -0.2) is 0 Å². The summed E-state index contributed by atoms with van der Waals surface area (Å²) in [6.07, 6.45) is 2.78. The molecule has 0 amide bonds. The Hall–Kier alpha value is -0.116. The van der Waals surface area contributed by atoms with E-state index in [9.17, 15) is 9.90 Å². The van der Waals surface area contributed by atoms with Gasteiger partial charge in [-0.3, -0.25) is 9.80 Å². The third-order valence-electron chi connectivity index (χ3n) is 18.8. The van der Waals surface area contributed by atoms with Gasteiger partial charge in [0.1, 0.15) is 0 Å². The molecule has 0 bridgehead atoms. The topological polar surface area (TPSA) is 366 Å². The Morgan fingerprint density at radius 1 is 0.511 bits per heavy atom. The molecule has 0 aromatic carbocycles. The first kappa shape index (κ1) is 89.9. The minimum absolute atomic E-state index is 0. The summed E-state index contributed by atoms with van der Waals surface area (Å²) in [7, 11) is -14.9. The summed E-state index contributed by atoms with van der Waals surface area (Å²) in [5.41, 5.74) is 11.1. The Bertz CT molecular complexity index is 1770. The number of rotatable bonds is 32. The van der Waals surface area contributed by atoms with Crippen molar-refractivity contribution in [2.45, 2.75) is 114 Å².